The van der Waals surface area contributed by atoms with Crippen LogP contribution in [-0.2, 0) is 10.1 Å². The molecule has 1 spiro atoms. The number of para-hydroxylation sites is 2. The zero-order chi connectivity index (χ0) is 29.3. The van der Waals surface area contributed by atoms with E-state index in [1.807, 2.05) is 38.1 Å². The highest BCUT2D eigenvalue weighted by molar-refractivity contribution is 6.47. The zero-order valence-corrected chi connectivity index (χ0v) is 24.3. The highest BCUT2D eigenvalue weighted by atomic mass is 16.5. The molecule has 0 atom stereocenters. The van der Waals surface area contributed by atoms with E-state index in [9.17, 15) is 5.11 Å². The number of hydrogen-bond acceptors (Lipinski definition) is 4. The van der Waals surface area contributed by atoms with Gasteiger partial charge in [-0.05, 0) is 91.4 Å². The summed E-state index contributed by atoms with van der Waals surface area (Å²) in [5, 5.41) is 10.7. The summed E-state index contributed by atoms with van der Waals surface area (Å²) in [6.07, 6.45) is 0. The summed E-state index contributed by atoms with van der Waals surface area (Å²) >= 11 is 0. The summed E-state index contributed by atoms with van der Waals surface area (Å²) in [6.45, 7) is 7.33. The van der Waals surface area contributed by atoms with Crippen molar-refractivity contribution in [3.63, 3.8) is 0 Å². The number of fused-ring (bicyclic) bond motifs is 9. The first-order chi connectivity index (χ1) is 20.1. The maximum Gasteiger partial charge on any atom is 0.330 e. The van der Waals surface area contributed by atoms with Crippen LogP contribution in [0.15, 0.2) is 109 Å². The molecule has 207 valence electrons. The average Bonchev–Trinajstić information content (AvgIpc) is 3.26. The van der Waals surface area contributed by atoms with E-state index in [1.54, 1.807) is 21.3 Å². The van der Waals surface area contributed by atoms with Gasteiger partial charge in [0, 0.05) is 16.8 Å². The van der Waals surface area contributed by atoms with Crippen LogP contribution in [-0.4, -0.2) is 23.8 Å². The van der Waals surface area contributed by atoms with Crippen LogP contribution in [0.1, 0.15) is 49.9 Å². The van der Waals surface area contributed by atoms with E-state index in [2.05, 4.69) is 84.9 Å². The summed E-state index contributed by atoms with van der Waals surface area (Å²) in [4.78, 5) is 0. The summed E-state index contributed by atoms with van der Waals surface area (Å²) in [5.74, 6) is 1.73. The first kappa shape index (κ1) is 26.6. The third-order valence-electron chi connectivity index (χ3n) is 9.17. The molecule has 0 saturated heterocycles. The SMILES string of the molecule is CC(C)(O)C(C)(C)O[B]c1ccc2c(c1)-c1cc(-c3ccc(N)cc3)ccc1C21c2ccccc2Oc2ccccc21. The Kier molecular flexibility index (Phi) is 5.92. The van der Waals surface area contributed by atoms with Gasteiger partial charge in [-0.25, -0.2) is 0 Å². The van der Waals surface area contributed by atoms with Gasteiger partial charge in [-0.3, -0.25) is 0 Å². The van der Waals surface area contributed by atoms with Gasteiger partial charge in [0.25, 0.3) is 0 Å². The van der Waals surface area contributed by atoms with Crippen LogP contribution in [0.3, 0.4) is 0 Å². The highest BCUT2D eigenvalue weighted by Crippen LogP contribution is 2.62. The molecule has 3 N–H and O–H groups in total. The maximum atomic E-state index is 10.7. The van der Waals surface area contributed by atoms with Crippen LogP contribution in [0.2, 0.25) is 0 Å². The van der Waals surface area contributed by atoms with E-state index in [0.29, 0.717) is 0 Å². The lowest BCUT2D eigenvalue weighted by Gasteiger charge is -2.39. The van der Waals surface area contributed by atoms with E-state index in [4.69, 9.17) is 15.1 Å². The van der Waals surface area contributed by atoms with Crippen LogP contribution in [0, 0.1) is 0 Å². The quantitative estimate of drug-likeness (QED) is 0.176. The van der Waals surface area contributed by atoms with Gasteiger partial charge in [0.05, 0.1) is 16.6 Å². The average molecular weight is 550 g/mol. The number of anilines is 1. The minimum Gasteiger partial charge on any atom is -0.457 e. The van der Waals surface area contributed by atoms with Crippen LogP contribution >= 0.6 is 0 Å². The molecule has 1 aliphatic carbocycles. The summed E-state index contributed by atoms with van der Waals surface area (Å²) in [7, 11) is 1.76. The van der Waals surface area contributed by atoms with Crippen molar-refractivity contribution in [1.29, 1.82) is 0 Å². The molecule has 0 fully saturated rings. The lowest BCUT2D eigenvalue weighted by molar-refractivity contribution is -0.0893. The molecule has 4 nitrogen and oxygen atoms in total. The summed E-state index contributed by atoms with van der Waals surface area (Å²) < 4.78 is 12.6. The Balaban J connectivity index is 1.47. The molecule has 1 radical (unpaired) electrons. The number of ether oxygens (including phenoxy) is 1. The second-order valence-electron chi connectivity index (χ2n) is 12.3. The largest absolute Gasteiger partial charge is 0.457 e. The summed E-state index contributed by atoms with van der Waals surface area (Å²) in [6, 6.07) is 38.1. The molecule has 42 heavy (non-hydrogen) atoms. The van der Waals surface area contributed by atoms with Gasteiger partial charge < -0.3 is 20.2 Å². The second kappa shape index (κ2) is 9.35. The minimum atomic E-state index is -1.01. The predicted octanol–water partition coefficient (Wildman–Crippen LogP) is 7.22. The van der Waals surface area contributed by atoms with Crippen LogP contribution in [0.25, 0.3) is 22.3 Å². The first-order valence-electron chi connectivity index (χ1n) is 14.4. The number of benzene rings is 5. The van der Waals surface area contributed by atoms with Gasteiger partial charge in [-0.15, -0.1) is 0 Å². The lowest BCUT2D eigenvalue weighted by Crippen LogP contribution is -2.49. The fourth-order valence-corrected chi connectivity index (χ4v) is 6.21. The standard InChI is InChI=1S/C37H33BNO3/c1-35(2,40)36(3,4)42-38-25-16-20-30-28(22-25)27-21-24(23-13-17-26(39)18-14-23)15-19-29(27)37(30)31-9-5-7-11-33(31)41-34-12-8-6-10-32(34)37/h5-22,40H,39H2,1-4H3. The van der Waals surface area contributed by atoms with Crippen LogP contribution < -0.4 is 15.9 Å². The van der Waals surface area contributed by atoms with Gasteiger partial charge >= 0.3 is 7.48 Å². The Labute approximate surface area is 248 Å². The van der Waals surface area contributed by atoms with Gasteiger partial charge in [0.15, 0.2) is 0 Å². The number of nitrogens with two attached hydrogens (primary N) is 1. The molecule has 1 aliphatic heterocycles. The second-order valence-corrected chi connectivity index (χ2v) is 12.3. The van der Waals surface area contributed by atoms with Crippen molar-refractivity contribution < 1.29 is 14.5 Å². The van der Waals surface area contributed by atoms with Crippen LogP contribution in [0.4, 0.5) is 5.69 Å². The third-order valence-corrected chi connectivity index (χ3v) is 9.17. The van der Waals surface area contributed by atoms with Crippen LogP contribution in [0.5, 0.6) is 11.5 Å². The number of rotatable bonds is 5. The van der Waals surface area contributed by atoms with E-state index in [-0.39, 0.29) is 0 Å². The van der Waals surface area contributed by atoms with Gasteiger partial charge in [-0.2, -0.15) is 0 Å². The van der Waals surface area contributed by atoms with Crippen molar-refractivity contribution in [3.05, 3.63) is 131 Å². The fourth-order valence-electron chi connectivity index (χ4n) is 6.21. The van der Waals surface area contributed by atoms with Gasteiger partial charge in [-0.1, -0.05) is 84.3 Å². The van der Waals surface area contributed by atoms with Gasteiger partial charge in [0.1, 0.15) is 11.5 Å². The van der Waals surface area contributed by atoms with Crippen molar-refractivity contribution in [1.82, 2.24) is 0 Å². The van der Waals surface area contributed by atoms with E-state index < -0.39 is 16.6 Å². The van der Waals surface area contributed by atoms with Crippen molar-refractivity contribution in [2.75, 3.05) is 5.73 Å². The molecule has 5 aromatic carbocycles. The Morgan fingerprint density at radius 2 is 1.21 bits per heavy atom. The van der Waals surface area contributed by atoms with E-state index in [0.717, 1.165) is 50.5 Å². The first-order valence-corrected chi connectivity index (χ1v) is 14.4. The molecule has 0 bridgehead atoms. The fraction of sp³-hybridized carbons (Fsp3) is 0.189. The summed E-state index contributed by atoms with van der Waals surface area (Å²) in [5.41, 5.74) is 14.6. The van der Waals surface area contributed by atoms with Crippen molar-refractivity contribution in [2.24, 2.45) is 0 Å². The normalized spacial score (nSPS) is 14.4. The number of hydrogen-bond donors (Lipinski definition) is 2. The van der Waals surface area contributed by atoms with E-state index in [1.165, 1.54) is 16.7 Å². The Bertz CT molecular complexity index is 1790. The third kappa shape index (κ3) is 3.92. The molecule has 0 aromatic heterocycles. The van der Waals surface area contributed by atoms with Crippen molar-refractivity contribution in [2.45, 2.75) is 44.3 Å². The molecule has 5 heteroatoms. The van der Waals surface area contributed by atoms with Gasteiger partial charge in [0.2, 0.25) is 0 Å². The molecule has 7 rings (SSSR count). The van der Waals surface area contributed by atoms with E-state index >= 15 is 0 Å². The minimum absolute atomic E-state index is 0.540. The van der Waals surface area contributed by atoms with Crippen molar-refractivity contribution >= 4 is 18.6 Å². The smallest absolute Gasteiger partial charge is 0.330 e. The monoisotopic (exact) mass is 550 g/mol. The highest BCUT2D eigenvalue weighted by Gasteiger charge is 2.51. The molecule has 0 saturated carbocycles. The Morgan fingerprint density at radius 1 is 0.667 bits per heavy atom. The molecule has 2 aliphatic rings. The Morgan fingerprint density at radius 3 is 1.83 bits per heavy atom. The number of nitrogen functional groups attached to an aromatic ring is 1. The molecular formula is C37H33BNO3. The zero-order valence-electron chi connectivity index (χ0n) is 24.3. The lowest BCUT2D eigenvalue weighted by atomic mass is 9.66. The maximum absolute atomic E-state index is 10.7. The van der Waals surface area contributed by atoms with Crippen molar-refractivity contribution in [3.8, 4) is 33.8 Å². The molecule has 0 amide bonds. The molecule has 0 unspecified atom stereocenters. The topological polar surface area (TPSA) is 64.7 Å². The molecular weight excluding hydrogens is 517 g/mol. The number of aliphatic hydroxyl groups is 1. The molecule has 5 aromatic rings. The predicted molar refractivity (Wildman–Crippen MR) is 171 cm³/mol. The molecule has 1 heterocycles. The Hall–Kier alpha value is -4.32.